The maximum atomic E-state index is 12.5. The van der Waals surface area contributed by atoms with Crippen LogP contribution in [-0.2, 0) is 23.9 Å². The van der Waals surface area contributed by atoms with E-state index in [1.807, 2.05) is 12.2 Å². The molecule has 0 aromatic heterocycles. The smallest absolute Gasteiger partial charge is 0.339 e. The van der Waals surface area contributed by atoms with E-state index in [1.54, 1.807) is 6.92 Å². The molecule has 2 heterocycles. The summed E-state index contributed by atoms with van der Waals surface area (Å²) in [5.74, 6) is -2.36. The monoisotopic (exact) mass is 349 g/mol. The summed E-state index contributed by atoms with van der Waals surface area (Å²) >= 11 is 0. The number of fused-ring (bicyclic) bond motifs is 1. The molecule has 2 saturated heterocycles. The van der Waals surface area contributed by atoms with E-state index in [9.17, 15) is 19.5 Å². The fourth-order valence-electron chi connectivity index (χ4n) is 4.17. The van der Waals surface area contributed by atoms with Crippen LogP contribution >= 0.6 is 0 Å². The predicted molar refractivity (Wildman–Crippen MR) is 87.1 cm³/mol. The minimum absolute atomic E-state index is 0.203. The summed E-state index contributed by atoms with van der Waals surface area (Å²) in [4.78, 5) is 36.0. The summed E-state index contributed by atoms with van der Waals surface area (Å²) in [6.07, 6.45) is 8.45. The van der Waals surface area contributed by atoms with Crippen molar-refractivity contribution in [2.24, 2.45) is 11.8 Å². The van der Waals surface area contributed by atoms with E-state index < -0.39 is 35.1 Å². The second-order valence-corrected chi connectivity index (χ2v) is 6.98. The van der Waals surface area contributed by atoms with Gasteiger partial charge in [0.2, 0.25) is 11.4 Å². The van der Waals surface area contributed by atoms with Crippen LogP contribution in [0.2, 0.25) is 0 Å². The highest BCUT2D eigenvalue weighted by atomic mass is 16.6. The van der Waals surface area contributed by atoms with Crippen molar-refractivity contribution < 1.29 is 29.0 Å². The van der Waals surface area contributed by atoms with Crippen molar-refractivity contribution in [1.82, 2.24) is 5.32 Å². The van der Waals surface area contributed by atoms with Crippen molar-refractivity contribution in [3.05, 3.63) is 24.3 Å². The third-order valence-corrected chi connectivity index (χ3v) is 5.68. The van der Waals surface area contributed by atoms with Gasteiger partial charge in [-0.2, -0.15) is 0 Å². The van der Waals surface area contributed by atoms with E-state index in [4.69, 9.17) is 4.74 Å². The molecule has 5 atom stereocenters. The Balaban J connectivity index is 1.84. The second kappa shape index (κ2) is 6.29. The zero-order valence-electron chi connectivity index (χ0n) is 14.4. The average Bonchev–Trinajstić information content (AvgIpc) is 2.79. The normalized spacial score (nSPS) is 37.9. The van der Waals surface area contributed by atoms with Gasteiger partial charge in [0.05, 0.1) is 19.1 Å². The van der Waals surface area contributed by atoms with Crippen LogP contribution < -0.4 is 5.32 Å². The Morgan fingerprint density at radius 3 is 2.92 bits per heavy atom. The predicted octanol–water partition coefficient (Wildman–Crippen LogP) is 0.623. The van der Waals surface area contributed by atoms with Crippen molar-refractivity contribution in [2.75, 3.05) is 7.11 Å². The quantitative estimate of drug-likeness (QED) is 0.429. The molecule has 7 heteroatoms. The van der Waals surface area contributed by atoms with Crippen LogP contribution in [0.1, 0.15) is 32.6 Å². The van der Waals surface area contributed by atoms with Gasteiger partial charge in [-0.25, -0.2) is 9.59 Å². The minimum atomic E-state index is -1.43. The molecule has 136 valence electrons. The average molecular weight is 349 g/mol. The number of carbonyl (C=O) groups excluding carboxylic acids is 3. The van der Waals surface area contributed by atoms with Gasteiger partial charge in [-0.3, -0.25) is 4.79 Å². The molecule has 0 spiro atoms. The molecule has 2 aliphatic heterocycles. The highest BCUT2D eigenvalue weighted by Gasteiger charge is 2.79. The summed E-state index contributed by atoms with van der Waals surface area (Å²) in [5, 5.41) is 13.6. The summed E-state index contributed by atoms with van der Waals surface area (Å²) in [6, 6.07) is 0. The molecule has 1 amide bonds. The third-order valence-electron chi connectivity index (χ3n) is 5.68. The lowest BCUT2D eigenvalue weighted by molar-refractivity contribution is -0.237. The summed E-state index contributed by atoms with van der Waals surface area (Å²) in [7, 11) is 1.27. The molecule has 7 nitrogen and oxygen atoms in total. The number of aliphatic hydroxyl groups is 1. The Morgan fingerprint density at radius 1 is 1.56 bits per heavy atom. The van der Waals surface area contributed by atoms with Gasteiger partial charge in [-0.1, -0.05) is 18.2 Å². The fourth-order valence-corrected chi connectivity index (χ4v) is 4.17. The van der Waals surface area contributed by atoms with Crippen LogP contribution in [0, 0.1) is 11.8 Å². The highest BCUT2D eigenvalue weighted by molar-refractivity contribution is 6.02. The number of carbonyl (C=O) groups is 3. The lowest BCUT2D eigenvalue weighted by Gasteiger charge is -2.54. The zero-order valence-corrected chi connectivity index (χ0v) is 14.4. The molecule has 3 aliphatic rings. The number of hydrogen-bond donors (Lipinski definition) is 2. The van der Waals surface area contributed by atoms with Crippen LogP contribution in [0.5, 0.6) is 0 Å². The maximum Gasteiger partial charge on any atom is 0.339 e. The summed E-state index contributed by atoms with van der Waals surface area (Å²) in [6.45, 7) is 1.67. The van der Waals surface area contributed by atoms with Gasteiger partial charge in [0.1, 0.15) is 0 Å². The topological polar surface area (TPSA) is 102 Å². The van der Waals surface area contributed by atoms with Gasteiger partial charge >= 0.3 is 11.9 Å². The summed E-state index contributed by atoms with van der Waals surface area (Å²) in [5.41, 5.74) is -2.58. The number of nitrogens with one attached hydrogen (secondary N) is 1. The lowest BCUT2D eigenvalue weighted by Crippen LogP contribution is -2.80. The van der Waals surface area contributed by atoms with Gasteiger partial charge in [0.15, 0.2) is 5.60 Å². The maximum absolute atomic E-state index is 12.5. The first-order chi connectivity index (χ1) is 11.9. The zero-order chi connectivity index (χ0) is 18.2. The molecule has 0 bridgehead atoms. The number of ether oxygens (including phenoxy) is 2. The molecular formula is C18H23NO6. The molecule has 0 radical (unpaired) electrons. The van der Waals surface area contributed by atoms with E-state index in [0.717, 1.165) is 19.3 Å². The van der Waals surface area contributed by atoms with Crippen LogP contribution in [-0.4, -0.2) is 47.3 Å². The highest BCUT2D eigenvalue weighted by Crippen LogP contribution is 2.53. The fraction of sp³-hybridized carbons (Fsp3) is 0.611. The van der Waals surface area contributed by atoms with Crippen molar-refractivity contribution in [2.45, 2.75) is 49.9 Å². The van der Waals surface area contributed by atoms with Crippen LogP contribution in [0.15, 0.2) is 24.3 Å². The number of aliphatic hydroxyl groups excluding tert-OH is 1. The first-order valence-electron chi connectivity index (χ1n) is 8.51. The molecule has 0 aromatic carbocycles. The molecule has 0 unspecified atom stereocenters. The van der Waals surface area contributed by atoms with Crippen molar-refractivity contribution in [3.8, 4) is 0 Å². The van der Waals surface area contributed by atoms with Crippen molar-refractivity contribution in [3.63, 3.8) is 0 Å². The standard InChI is InChI=1S/C18H23NO6/c1-17-12(9-6-10-13(20)24-2)15(22)19-18(17,16(23)25-17)14(21)11-7-4-3-5-8-11/h4,6-7,10-12,14,21H,3,5,8-9H2,1-2H3,(H,19,22)/t11-,12+,14+,17+,18+/m1/s1. The molecular weight excluding hydrogens is 326 g/mol. The summed E-state index contributed by atoms with van der Waals surface area (Å²) < 4.78 is 9.90. The Morgan fingerprint density at radius 2 is 2.32 bits per heavy atom. The van der Waals surface area contributed by atoms with E-state index >= 15 is 0 Å². The first-order valence-corrected chi connectivity index (χ1v) is 8.51. The third kappa shape index (κ3) is 2.49. The number of esters is 2. The van der Waals surface area contributed by atoms with E-state index in [2.05, 4.69) is 10.1 Å². The van der Waals surface area contributed by atoms with Crippen LogP contribution in [0.4, 0.5) is 0 Å². The first kappa shape index (κ1) is 17.7. The second-order valence-electron chi connectivity index (χ2n) is 6.98. The number of hydrogen-bond acceptors (Lipinski definition) is 6. The van der Waals surface area contributed by atoms with Crippen LogP contribution in [0.25, 0.3) is 0 Å². The van der Waals surface area contributed by atoms with Crippen molar-refractivity contribution in [1.29, 1.82) is 0 Å². The number of amides is 1. The lowest BCUT2D eigenvalue weighted by atomic mass is 9.64. The van der Waals surface area contributed by atoms with E-state index in [1.165, 1.54) is 19.3 Å². The Hall–Kier alpha value is -2.15. The van der Waals surface area contributed by atoms with Gasteiger partial charge in [-0.05, 0) is 32.6 Å². The van der Waals surface area contributed by atoms with Crippen molar-refractivity contribution >= 4 is 17.8 Å². The number of methoxy groups -OCH3 is 1. The SMILES string of the molecule is COC(=O)C=CC[C@H]1C(=O)N[C@@]2([C@@H](O)[C@@H]3C=CCCC3)C(=O)O[C@@]12C. The number of rotatable bonds is 5. The molecule has 0 aromatic rings. The minimum Gasteiger partial charge on any atom is -0.466 e. The van der Waals surface area contributed by atoms with Gasteiger partial charge < -0.3 is 19.9 Å². The van der Waals surface area contributed by atoms with Crippen LogP contribution in [0.3, 0.4) is 0 Å². The molecule has 0 saturated carbocycles. The largest absolute Gasteiger partial charge is 0.466 e. The Bertz CT molecular complexity index is 656. The Labute approximate surface area is 146 Å². The van der Waals surface area contributed by atoms with E-state index in [0.29, 0.717) is 0 Å². The molecule has 1 aliphatic carbocycles. The molecule has 25 heavy (non-hydrogen) atoms. The Kier molecular flexibility index (Phi) is 4.45. The van der Waals surface area contributed by atoms with Gasteiger partial charge in [0.25, 0.3) is 0 Å². The molecule has 3 rings (SSSR count). The molecule has 2 fully saturated rings. The van der Waals surface area contributed by atoms with E-state index in [-0.39, 0.29) is 18.2 Å². The van der Waals surface area contributed by atoms with Gasteiger partial charge in [-0.15, -0.1) is 0 Å². The van der Waals surface area contributed by atoms with Gasteiger partial charge in [0, 0.05) is 12.0 Å². The molecule has 2 N–H and O–H groups in total. The number of allylic oxidation sites excluding steroid dienone is 2.